The Morgan fingerprint density at radius 2 is 0.750 bits per heavy atom. The zero-order valence-corrected chi connectivity index (χ0v) is 25.3. The third kappa shape index (κ3) is 6.36. The molecule has 0 radical (unpaired) electrons. The first-order valence-electron chi connectivity index (χ1n) is 13.1. The first kappa shape index (κ1) is 29.7. The van der Waals surface area contributed by atoms with E-state index in [1.807, 2.05) is 74.5 Å². The Bertz CT molecular complexity index is 1560. The van der Waals surface area contributed by atoms with Crippen LogP contribution in [0.3, 0.4) is 0 Å². The van der Waals surface area contributed by atoms with E-state index in [0.717, 1.165) is 11.1 Å². The zero-order chi connectivity index (χ0) is 29.2. The second-order valence-electron chi connectivity index (χ2n) is 10.5. The normalized spacial score (nSPS) is 13.7. The van der Waals surface area contributed by atoms with Gasteiger partial charge in [-0.1, -0.05) is 96.1 Å². The van der Waals surface area contributed by atoms with Gasteiger partial charge in [-0.15, -0.1) is 0 Å². The maximum Gasteiger partial charge on any atom is 0.241 e. The highest BCUT2D eigenvalue weighted by Crippen LogP contribution is 2.34. The lowest BCUT2D eigenvalue weighted by atomic mass is 9.95. The highest BCUT2D eigenvalue weighted by Gasteiger charge is 2.35. The Hall–Kier alpha value is -3.30. The summed E-state index contributed by atoms with van der Waals surface area (Å²) in [4.78, 5) is 0.387. The molecule has 0 unspecified atom stereocenters. The van der Waals surface area contributed by atoms with Crippen molar-refractivity contribution in [3.8, 4) is 0 Å². The molecule has 0 aliphatic rings. The monoisotopic (exact) mass is 576 g/mol. The third-order valence-corrected chi connectivity index (χ3v) is 10.5. The minimum Gasteiger partial charge on any atom is -0.207 e. The molecule has 6 nitrogen and oxygen atoms in total. The lowest BCUT2D eigenvalue weighted by molar-refractivity contribution is 0.466. The second-order valence-corrected chi connectivity index (χ2v) is 13.8. The Morgan fingerprint density at radius 1 is 0.475 bits per heavy atom. The van der Waals surface area contributed by atoms with Gasteiger partial charge in [0.2, 0.25) is 20.0 Å². The van der Waals surface area contributed by atoms with Gasteiger partial charge in [0.25, 0.3) is 0 Å². The molecule has 2 N–H and O–H groups in total. The van der Waals surface area contributed by atoms with Crippen molar-refractivity contribution in [2.24, 2.45) is 0 Å². The number of aryl methyl sites for hydroxylation is 6. The van der Waals surface area contributed by atoms with Gasteiger partial charge < -0.3 is 0 Å². The summed E-state index contributed by atoms with van der Waals surface area (Å²) in [5.41, 5.74) is 5.68. The molecule has 0 spiro atoms. The third-order valence-electron chi connectivity index (χ3n) is 6.96. The number of sulfonamides is 2. The van der Waals surface area contributed by atoms with Crippen LogP contribution in [-0.4, -0.2) is 16.8 Å². The molecule has 0 amide bonds. The topological polar surface area (TPSA) is 92.3 Å². The Morgan fingerprint density at radius 3 is 1.02 bits per heavy atom. The fourth-order valence-corrected chi connectivity index (χ4v) is 8.99. The fourth-order valence-electron chi connectivity index (χ4n) is 5.61. The van der Waals surface area contributed by atoms with Gasteiger partial charge >= 0.3 is 0 Å². The van der Waals surface area contributed by atoms with Crippen molar-refractivity contribution in [2.45, 2.75) is 63.4 Å². The molecule has 0 aliphatic heterocycles. The predicted molar refractivity (Wildman–Crippen MR) is 160 cm³/mol. The Labute approximate surface area is 238 Å². The van der Waals surface area contributed by atoms with Crippen molar-refractivity contribution >= 4 is 20.0 Å². The molecule has 0 saturated heterocycles. The molecule has 0 saturated carbocycles. The van der Waals surface area contributed by atoms with E-state index in [1.54, 1.807) is 52.0 Å². The van der Waals surface area contributed by atoms with Crippen LogP contribution in [0, 0.1) is 41.5 Å². The van der Waals surface area contributed by atoms with Gasteiger partial charge in [0.15, 0.2) is 0 Å². The first-order valence-corrected chi connectivity index (χ1v) is 16.1. The van der Waals surface area contributed by atoms with Crippen LogP contribution < -0.4 is 9.44 Å². The molecule has 0 fully saturated rings. The van der Waals surface area contributed by atoms with Crippen molar-refractivity contribution in [1.82, 2.24) is 9.44 Å². The van der Waals surface area contributed by atoms with Gasteiger partial charge in [-0.3, -0.25) is 0 Å². The summed E-state index contributed by atoms with van der Waals surface area (Å²) in [5, 5.41) is 0. The van der Waals surface area contributed by atoms with Gasteiger partial charge in [-0.2, -0.15) is 0 Å². The van der Waals surface area contributed by atoms with Crippen LogP contribution in [0.5, 0.6) is 0 Å². The summed E-state index contributed by atoms with van der Waals surface area (Å²) in [5.74, 6) is 0. The molecule has 4 aromatic carbocycles. The van der Waals surface area contributed by atoms with E-state index in [1.165, 1.54) is 0 Å². The zero-order valence-electron chi connectivity index (χ0n) is 23.7. The average Bonchev–Trinajstić information content (AvgIpc) is 2.85. The lowest BCUT2D eigenvalue weighted by Crippen LogP contribution is -2.41. The molecule has 4 rings (SSSR count). The van der Waals surface area contributed by atoms with E-state index in [4.69, 9.17) is 0 Å². The number of nitrogens with one attached hydrogen (secondary N) is 2. The standard InChI is InChI=1S/C32H36N2O4S2/c1-21-17-23(3)31(24(4)18-21)39(35,36)33-29(27-13-9-7-10-14-27)30(28-15-11-8-12-16-28)34-40(37,38)32-25(5)19-22(2)20-26(32)6/h7-20,29-30,33-34H,1-6H3/t29-,30-/m0/s1. The van der Waals surface area contributed by atoms with Gasteiger partial charge in [0, 0.05) is 0 Å². The van der Waals surface area contributed by atoms with Gasteiger partial charge in [-0.05, 0) is 74.9 Å². The van der Waals surface area contributed by atoms with E-state index >= 15 is 0 Å². The number of benzene rings is 4. The first-order chi connectivity index (χ1) is 18.8. The van der Waals surface area contributed by atoms with E-state index in [2.05, 4.69) is 9.44 Å². The molecule has 40 heavy (non-hydrogen) atoms. The SMILES string of the molecule is Cc1cc(C)c(S(=O)(=O)N[C@@H](c2ccccc2)[C@@H](NS(=O)(=O)c2c(C)cc(C)cc2C)c2ccccc2)c(C)c1. The number of hydrogen-bond donors (Lipinski definition) is 2. The van der Waals surface area contributed by atoms with Crippen LogP contribution >= 0.6 is 0 Å². The van der Waals surface area contributed by atoms with Crippen molar-refractivity contribution < 1.29 is 16.8 Å². The van der Waals surface area contributed by atoms with E-state index in [0.29, 0.717) is 33.4 Å². The van der Waals surface area contributed by atoms with Crippen LogP contribution in [-0.2, 0) is 20.0 Å². The molecule has 0 heterocycles. The summed E-state index contributed by atoms with van der Waals surface area (Å²) in [6, 6.07) is 23.5. The van der Waals surface area contributed by atoms with E-state index < -0.39 is 32.1 Å². The van der Waals surface area contributed by atoms with Gasteiger partial charge in [0.1, 0.15) is 0 Å². The minimum absolute atomic E-state index is 0.193. The van der Waals surface area contributed by atoms with Crippen LogP contribution in [0.25, 0.3) is 0 Å². The summed E-state index contributed by atoms with van der Waals surface area (Å²) >= 11 is 0. The quantitative estimate of drug-likeness (QED) is 0.245. The van der Waals surface area contributed by atoms with Crippen LogP contribution in [0.4, 0.5) is 0 Å². The maximum absolute atomic E-state index is 14.0. The van der Waals surface area contributed by atoms with Crippen molar-refractivity contribution in [3.63, 3.8) is 0 Å². The summed E-state index contributed by atoms with van der Waals surface area (Å²) in [6.07, 6.45) is 0. The van der Waals surface area contributed by atoms with Crippen molar-refractivity contribution in [2.75, 3.05) is 0 Å². The number of hydrogen-bond acceptors (Lipinski definition) is 4. The van der Waals surface area contributed by atoms with Crippen LogP contribution in [0.2, 0.25) is 0 Å². The summed E-state index contributed by atoms with van der Waals surface area (Å²) < 4.78 is 61.8. The minimum atomic E-state index is -4.07. The van der Waals surface area contributed by atoms with Crippen molar-refractivity contribution in [1.29, 1.82) is 0 Å². The fraction of sp³-hybridized carbons (Fsp3) is 0.250. The predicted octanol–water partition coefficient (Wildman–Crippen LogP) is 6.28. The van der Waals surface area contributed by atoms with Crippen molar-refractivity contribution in [3.05, 3.63) is 129 Å². The smallest absolute Gasteiger partial charge is 0.207 e. The largest absolute Gasteiger partial charge is 0.241 e. The molecule has 0 aliphatic carbocycles. The molecular weight excluding hydrogens is 540 g/mol. The van der Waals surface area contributed by atoms with E-state index in [9.17, 15) is 16.8 Å². The summed E-state index contributed by atoms with van der Waals surface area (Å²) in [7, 11) is -8.13. The van der Waals surface area contributed by atoms with Gasteiger partial charge in [0.05, 0.1) is 21.9 Å². The molecule has 0 aromatic heterocycles. The van der Waals surface area contributed by atoms with E-state index in [-0.39, 0.29) is 9.79 Å². The van der Waals surface area contributed by atoms with Crippen LogP contribution in [0.1, 0.15) is 56.6 Å². The molecule has 0 bridgehead atoms. The second kappa shape index (κ2) is 11.7. The molecule has 210 valence electrons. The molecule has 8 heteroatoms. The molecule has 4 aromatic rings. The number of rotatable bonds is 9. The van der Waals surface area contributed by atoms with Crippen LogP contribution in [0.15, 0.2) is 94.7 Å². The highest BCUT2D eigenvalue weighted by atomic mass is 32.2. The molecular formula is C32H36N2O4S2. The highest BCUT2D eigenvalue weighted by molar-refractivity contribution is 7.90. The Balaban J connectivity index is 1.89. The maximum atomic E-state index is 14.0. The van der Waals surface area contributed by atoms with Gasteiger partial charge in [-0.25, -0.2) is 26.3 Å². The summed E-state index contributed by atoms with van der Waals surface area (Å²) in [6.45, 7) is 10.9. The molecule has 2 atom stereocenters. The Kier molecular flexibility index (Phi) is 8.66. The average molecular weight is 577 g/mol. The lowest BCUT2D eigenvalue weighted by Gasteiger charge is -2.30.